The molecule has 2 heteroatoms. The van der Waals surface area contributed by atoms with Gasteiger partial charge in [-0.1, -0.05) is 103 Å². The Hall–Kier alpha value is -1.02. The highest BCUT2D eigenvalue weighted by Crippen LogP contribution is 2.27. The lowest BCUT2D eigenvalue weighted by molar-refractivity contribution is 0.137. The Morgan fingerprint density at radius 3 is 1.79 bits per heavy atom. The molecule has 0 aromatic heterocycles. The minimum Gasteiger partial charge on any atom is -0.491 e. The molecule has 0 fully saturated rings. The number of hydrogen-bond donors (Lipinski definition) is 0. The number of rotatable bonds is 19. The van der Waals surface area contributed by atoms with Gasteiger partial charge in [0, 0.05) is 0 Å². The van der Waals surface area contributed by atoms with Crippen molar-refractivity contribution in [2.45, 2.75) is 117 Å². The number of ether oxygens (including phenoxy) is 1. The molecule has 161 valence electrons. The monoisotopic (exact) mass is 389 g/mol. The molecule has 0 heterocycles. The summed E-state index contributed by atoms with van der Waals surface area (Å²) in [7, 11) is 0. The Labute approximate surface area is 175 Å². The van der Waals surface area contributed by atoms with E-state index in [0.29, 0.717) is 0 Å². The quantitative estimate of drug-likeness (QED) is 0.220. The molecule has 0 spiro atoms. The van der Waals surface area contributed by atoms with Crippen LogP contribution in [0.5, 0.6) is 5.75 Å². The first kappa shape index (κ1) is 25.0. The Kier molecular flexibility index (Phi) is 16.1. The fourth-order valence-electron chi connectivity index (χ4n) is 3.95. The van der Waals surface area contributed by atoms with E-state index in [-0.39, 0.29) is 13.2 Å². The average molecular weight is 390 g/mol. The van der Waals surface area contributed by atoms with E-state index in [4.69, 9.17) is 4.74 Å². The SMILES string of the molecule is CCCCCCCCCc1cccc(OCC[O])c1CCCCCCCCC. The molecule has 0 aliphatic rings. The molecule has 0 aliphatic carbocycles. The lowest BCUT2D eigenvalue weighted by Gasteiger charge is -2.15. The second-order valence-corrected chi connectivity index (χ2v) is 8.19. The highest BCUT2D eigenvalue weighted by molar-refractivity contribution is 5.40. The standard InChI is InChI=1S/C26H45O2/c1-3-5-7-9-11-13-15-18-24-19-17-21-26(28-23-22-27)25(24)20-16-14-12-10-8-6-4-2/h17,19,21H,3-16,18,20,22-23H2,1-2H3. The summed E-state index contributed by atoms with van der Waals surface area (Å²) in [4.78, 5) is 0. The van der Waals surface area contributed by atoms with Crippen molar-refractivity contribution in [3.05, 3.63) is 29.3 Å². The van der Waals surface area contributed by atoms with Crippen LogP contribution >= 0.6 is 0 Å². The van der Waals surface area contributed by atoms with Crippen LogP contribution in [-0.4, -0.2) is 13.2 Å². The fourth-order valence-corrected chi connectivity index (χ4v) is 3.95. The van der Waals surface area contributed by atoms with Crippen LogP contribution < -0.4 is 4.74 Å². The third kappa shape index (κ3) is 11.7. The van der Waals surface area contributed by atoms with Crippen molar-refractivity contribution in [3.63, 3.8) is 0 Å². The molecule has 1 aromatic carbocycles. The van der Waals surface area contributed by atoms with Crippen LogP contribution in [0.15, 0.2) is 18.2 Å². The van der Waals surface area contributed by atoms with Crippen LogP contribution in [0, 0.1) is 0 Å². The van der Waals surface area contributed by atoms with Crippen molar-refractivity contribution < 1.29 is 9.84 Å². The van der Waals surface area contributed by atoms with Crippen LogP contribution in [0.2, 0.25) is 0 Å². The van der Waals surface area contributed by atoms with Gasteiger partial charge in [0.1, 0.15) is 19.0 Å². The Bertz CT molecular complexity index is 470. The van der Waals surface area contributed by atoms with Crippen LogP contribution in [-0.2, 0) is 17.9 Å². The van der Waals surface area contributed by atoms with Gasteiger partial charge in [-0.05, 0) is 42.9 Å². The topological polar surface area (TPSA) is 29.1 Å². The van der Waals surface area contributed by atoms with E-state index in [9.17, 15) is 5.11 Å². The maximum Gasteiger partial charge on any atom is 0.122 e. The molecule has 0 N–H and O–H groups in total. The van der Waals surface area contributed by atoms with Gasteiger partial charge in [0.05, 0.1) is 0 Å². The van der Waals surface area contributed by atoms with Gasteiger partial charge < -0.3 is 4.74 Å². The molecule has 0 amide bonds. The Balaban J connectivity index is 2.47. The zero-order chi connectivity index (χ0) is 20.3. The van der Waals surface area contributed by atoms with Crippen molar-refractivity contribution in [3.8, 4) is 5.75 Å². The van der Waals surface area contributed by atoms with Crippen LogP contribution in [0.3, 0.4) is 0 Å². The van der Waals surface area contributed by atoms with E-state index < -0.39 is 0 Å². The summed E-state index contributed by atoms with van der Waals surface area (Å²) in [5.41, 5.74) is 2.82. The van der Waals surface area contributed by atoms with Gasteiger partial charge in [-0.15, -0.1) is 0 Å². The van der Waals surface area contributed by atoms with Gasteiger partial charge in [0.25, 0.3) is 0 Å². The third-order valence-corrected chi connectivity index (χ3v) is 5.65. The predicted octanol–water partition coefficient (Wildman–Crippen LogP) is 8.08. The molecule has 1 aromatic rings. The molecular weight excluding hydrogens is 344 g/mol. The second kappa shape index (κ2) is 18.0. The summed E-state index contributed by atoms with van der Waals surface area (Å²) in [6.45, 7) is 4.66. The minimum atomic E-state index is -0.168. The summed E-state index contributed by atoms with van der Waals surface area (Å²) < 4.78 is 5.80. The molecular formula is C26H45O2. The molecule has 0 unspecified atom stereocenters. The van der Waals surface area contributed by atoms with Gasteiger partial charge in [0.15, 0.2) is 0 Å². The molecule has 0 bridgehead atoms. The zero-order valence-corrected chi connectivity index (χ0v) is 18.8. The molecule has 1 radical (unpaired) electrons. The first-order chi connectivity index (χ1) is 13.8. The molecule has 1 rings (SSSR count). The molecule has 0 atom stereocenters. The lowest BCUT2D eigenvalue weighted by atomic mass is 9.95. The number of aryl methyl sites for hydroxylation is 1. The second-order valence-electron chi connectivity index (χ2n) is 8.19. The van der Waals surface area contributed by atoms with Crippen molar-refractivity contribution in [2.24, 2.45) is 0 Å². The first-order valence-corrected chi connectivity index (χ1v) is 12.1. The number of benzene rings is 1. The van der Waals surface area contributed by atoms with Gasteiger partial charge in [-0.3, -0.25) is 0 Å². The molecule has 28 heavy (non-hydrogen) atoms. The fraction of sp³-hybridized carbons (Fsp3) is 0.769. The van der Waals surface area contributed by atoms with Crippen molar-refractivity contribution in [1.29, 1.82) is 0 Å². The van der Waals surface area contributed by atoms with Gasteiger partial charge in [-0.25, -0.2) is 5.11 Å². The molecule has 2 nitrogen and oxygen atoms in total. The maximum atomic E-state index is 10.9. The lowest BCUT2D eigenvalue weighted by Crippen LogP contribution is -2.05. The number of hydrogen-bond acceptors (Lipinski definition) is 1. The largest absolute Gasteiger partial charge is 0.491 e. The summed E-state index contributed by atoms with van der Waals surface area (Å²) in [6.07, 6.45) is 21.0. The Morgan fingerprint density at radius 2 is 1.21 bits per heavy atom. The smallest absolute Gasteiger partial charge is 0.122 e. The highest BCUT2D eigenvalue weighted by atomic mass is 16.5. The molecule has 0 aliphatic heterocycles. The zero-order valence-electron chi connectivity index (χ0n) is 18.8. The van der Waals surface area contributed by atoms with Crippen LogP contribution in [0.1, 0.15) is 115 Å². The van der Waals surface area contributed by atoms with Crippen LogP contribution in [0.4, 0.5) is 0 Å². The van der Waals surface area contributed by atoms with E-state index in [1.165, 1.54) is 101 Å². The van der Waals surface area contributed by atoms with E-state index in [2.05, 4.69) is 32.0 Å². The normalized spacial score (nSPS) is 11.1. The maximum absolute atomic E-state index is 10.9. The first-order valence-electron chi connectivity index (χ1n) is 12.1. The van der Waals surface area contributed by atoms with Gasteiger partial charge >= 0.3 is 0 Å². The number of unbranched alkanes of at least 4 members (excludes halogenated alkanes) is 12. The van der Waals surface area contributed by atoms with E-state index in [1.807, 2.05) is 0 Å². The van der Waals surface area contributed by atoms with Gasteiger partial charge in [0.2, 0.25) is 0 Å². The van der Waals surface area contributed by atoms with Crippen molar-refractivity contribution in [1.82, 2.24) is 0 Å². The van der Waals surface area contributed by atoms with Crippen molar-refractivity contribution >= 4 is 0 Å². The summed E-state index contributed by atoms with van der Waals surface area (Å²) in [5.74, 6) is 0.960. The minimum absolute atomic E-state index is 0.168. The summed E-state index contributed by atoms with van der Waals surface area (Å²) >= 11 is 0. The summed E-state index contributed by atoms with van der Waals surface area (Å²) in [6, 6.07) is 6.43. The van der Waals surface area contributed by atoms with E-state index in [1.54, 1.807) is 0 Å². The molecule has 0 saturated heterocycles. The van der Waals surface area contributed by atoms with E-state index in [0.717, 1.165) is 18.6 Å². The highest BCUT2D eigenvalue weighted by Gasteiger charge is 2.10. The predicted molar refractivity (Wildman–Crippen MR) is 121 cm³/mol. The molecule has 0 saturated carbocycles. The average Bonchev–Trinajstić information content (AvgIpc) is 2.71. The Morgan fingerprint density at radius 1 is 0.679 bits per heavy atom. The van der Waals surface area contributed by atoms with E-state index >= 15 is 0 Å². The van der Waals surface area contributed by atoms with Crippen LogP contribution in [0.25, 0.3) is 0 Å². The van der Waals surface area contributed by atoms with Crippen molar-refractivity contribution in [2.75, 3.05) is 13.2 Å². The van der Waals surface area contributed by atoms with Gasteiger partial charge in [-0.2, -0.15) is 0 Å². The summed E-state index contributed by atoms with van der Waals surface area (Å²) in [5, 5.41) is 10.9. The third-order valence-electron chi connectivity index (χ3n) is 5.65.